The smallest absolute Gasteiger partial charge is 0.103 e. The third-order valence-electron chi connectivity index (χ3n) is 3.50. The zero-order valence-corrected chi connectivity index (χ0v) is 13.2. The largest absolute Gasteiger partial charge is 0.383 e. The summed E-state index contributed by atoms with van der Waals surface area (Å²) in [6.45, 7) is 2.94. The average Bonchev–Trinajstić information content (AvgIpc) is 2.53. The lowest BCUT2D eigenvalue weighted by atomic mass is 10.0. The molecule has 1 aromatic heterocycles. The molecule has 104 valence electrons. The Morgan fingerprint density at radius 2 is 2.00 bits per heavy atom. The Morgan fingerprint density at radius 3 is 2.71 bits per heavy atom. The fourth-order valence-corrected chi connectivity index (χ4v) is 3.08. The average molecular weight is 340 g/mol. The van der Waals surface area contributed by atoms with E-state index in [0.29, 0.717) is 5.56 Å². The monoisotopic (exact) mass is 339 g/mol. The standard InChI is InChI=1S/C17H14BrN3/c1-2-7-20-16-11(9-19)10-21-17-13-6-4-3-5-12(13)15(18)8-14(16)17/h3-6,8,10H,2,7H2,1H3,(H,20,21). The van der Waals surface area contributed by atoms with E-state index in [-0.39, 0.29) is 0 Å². The molecular formula is C17H14BrN3. The molecule has 0 aliphatic heterocycles. The van der Waals surface area contributed by atoms with Crippen LogP contribution in [-0.2, 0) is 0 Å². The first-order valence-electron chi connectivity index (χ1n) is 6.90. The first-order valence-corrected chi connectivity index (χ1v) is 7.69. The highest BCUT2D eigenvalue weighted by molar-refractivity contribution is 9.10. The number of benzene rings is 2. The van der Waals surface area contributed by atoms with Crippen molar-refractivity contribution in [1.82, 2.24) is 4.98 Å². The Kier molecular flexibility index (Phi) is 3.76. The summed E-state index contributed by atoms with van der Waals surface area (Å²) in [5.41, 5.74) is 2.38. The Bertz CT molecular complexity index is 865. The SMILES string of the molecule is CCCNc1c(C#N)cnc2c1cc(Br)c1ccccc12. The number of nitrogens with zero attached hydrogens (tertiary/aromatic N) is 2. The van der Waals surface area contributed by atoms with Crippen LogP contribution in [0, 0.1) is 11.3 Å². The minimum absolute atomic E-state index is 0.582. The van der Waals surface area contributed by atoms with Crippen LogP contribution in [-0.4, -0.2) is 11.5 Å². The number of fused-ring (bicyclic) bond motifs is 3. The number of halogens is 1. The van der Waals surface area contributed by atoms with E-state index in [0.717, 1.165) is 44.8 Å². The maximum absolute atomic E-state index is 9.32. The van der Waals surface area contributed by atoms with E-state index >= 15 is 0 Å². The summed E-state index contributed by atoms with van der Waals surface area (Å²) in [4.78, 5) is 4.51. The highest BCUT2D eigenvalue weighted by Crippen LogP contribution is 2.35. The number of hydrogen-bond acceptors (Lipinski definition) is 3. The minimum Gasteiger partial charge on any atom is -0.383 e. The summed E-state index contributed by atoms with van der Waals surface area (Å²) < 4.78 is 1.02. The molecule has 0 atom stereocenters. The molecular weight excluding hydrogens is 326 g/mol. The van der Waals surface area contributed by atoms with E-state index in [4.69, 9.17) is 0 Å². The number of anilines is 1. The van der Waals surface area contributed by atoms with Gasteiger partial charge in [-0.05, 0) is 17.9 Å². The number of rotatable bonds is 3. The van der Waals surface area contributed by atoms with Crippen LogP contribution in [0.1, 0.15) is 18.9 Å². The van der Waals surface area contributed by atoms with Gasteiger partial charge in [-0.15, -0.1) is 0 Å². The first kappa shape index (κ1) is 13.8. The number of nitriles is 1. The molecule has 0 spiro atoms. The van der Waals surface area contributed by atoms with Gasteiger partial charge in [0.25, 0.3) is 0 Å². The second-order valence-electron chi connectivity index (χ2n) is 4.89. The predicted molar refractivity (Wildman–Crippen MR) is 90.4 cm³/mol. The molecule has 2 aromatic carbocycles. The second kappa shape index (κ2) is 5.71. The maximum Gasteiger partial charge on any atom is 0.103 e. The van der Waals surface area contributed by atoms with Crippen molar-refractivity contribution in [2.24, 2.45) is 0 Å². The van der Waals surface area contributed by atoms with Crippen molar-refractivity contribution in [1.29, 1.82) is 5.26 Å². The van der Waals surface area contributed by atoms with E-state index in [9.17, 15) is 5.26 Å². The molecule has 1 N–H and O–H groups in total. The van der Waals surface area contributed by atoms with Crippen LogP contribution in [0.15, 0.2) is 41.0 Å². The molecule has 3 aromatic rings. The maximum atomic E-state index is 9.32. The van der Waals surface area contributed by atoms with Gasteiger partial charge in [-0.2, -0.15) is 5.26 Å². The Balaban J connectivity index is 2.40. The van der Waals surface area contributed by atoms with Gasteiger partial charge in [0.1, 0.15) is 6.07 Å². The highest BCUT2D eigenvalue weighted by atomic mass is 79.9. The normalized spacial score (nSPS) is 10.7. The van der Waals surface area contributed by atoms with Gasteiger partial charge in [-0.1, -0.05) is 47.1 Å². The summed E-state index contributed by atoms with van der Waals surface area (Å²) in [5.74, 6) is 0. The minimum atomic E-state index is 0.582. The fourth-order valence-electron chi connectivity index (χ4n) is 2.51. The van der Waals surface area contributed by atoms with Gasteiger partial charge < -0.3 is 5.32 Å². The zero-order chi connectivity index (χ0) is 14.8. The van der Waals surface area contributed by atoms with Crippen molar-refractivity contribution in [2.75, 3.05) is 11.9 Å². The first-order chi connectivity index (χ1) is 10.3. The highest BCUT2D eigenvalue weighted by Gasteiger charge is 2.12. The number of pyridine rings is 1. The summed E-state index contributed by atoms with van der Waals surface area (Å²) in [6, 6.07) is 12.4. The lowest BCUT2D eigenvalue weighted by Gasteiger charge is -2.13. The molecule has 4 heteroatoms. The van der Waals surface area contributed by atoms with Crippen LogP contribution in [0.2, 0.25) is 0 Å². The van der Waals surface area contributed by atoms with Crippen molar-refractivity contribution >= 4 is 43.3 Å². The molecule has 0 saturated heterocycles. The summed E-state index contributed by atoms with van der Waals surface area (Å²) in [7, 11) is 0. The van der Waals surface area contributed by atoms with Crippen molar-refractivity contribution < 1.29 is 0 Å². The predicted octanol–water partition coefficient (Wildman–Crippen LogP) is 4.84. The number of nitrogens with one attached hydrogen (secondary N) is 1. The van der Waals surface area contributed by atoms with Gasteiger partial charge in [-0.25, -0.2) is 0 Å². The molecule has 1 heterocycles. The van der Waals surface area contributed by atoms with Crippen molar-refractivity contribution in [3.05, 3.63) is 46.6 Å². The van der Waals surface area contributed by atoms with Crippen molar-refractivity contribution in [3.63, 3.8) is 0 Å². The summed E-state index contributed by atoms with van der Waals surface area (Å²) in [6.07, 6.45) is 2.66. The van der Waals surface area contributed by atoms with Gasteiger partial charge in [0.15, 0.2) is 0 Å². The topological polar surface area (TPSA) is 48.7 Å². The molecule has 0 aliphatic carbocycles. The van der Waals surface area contributed by atoms with Gasteiger partial charge in [0, 0.05) is 28.0 Å². The molecule has 3 rings (SSSR count). The Hall–Kier alpha value is -2.12. The van der Waals surface area contributed by atoms with E-state index in [2.05, 4.69) is 51.4 Å². The van der Waals surface area contributed by atoms with E-state index < -0.39 is 0 Å². The second-order valence-corrected chi connectivity index (χ2v) is 5.74. The Labute approximate surface area is 131 Å². The molecule has 0 bridgehead atoms. The summed E-state index contributed by atoms with van der Waals surface area (Å²) >= 11 is 3.63. The quantitative estimate of drug-likeness (QED) is 0.694. The van der Waals surface area contributed by atoms with E-state index in [1.165, 1.54) is 0 Å². The number of hydrogen-bond donors (Lipinski definition) is 1. The molecule has 0 amide bonds. The molecule has 0 aliphatic rings. The van der Waals surface area contributed by atoms with Gasteiger partial charge in [0.2, 0.25) is 0 Å². The molecule has 0 unspecified atom stereocenters. The summed E-state index contributed by atoms with van der Waals surface area (Å²) in [5, 5.41) is 15.9. The number of aromatic nitrogens is 1. The molecule has 0 fully saturated rings. The van der Waals surface area contributed by atoms with Crippen LogP contribution in [0.25, 0.3) is 21.7 Å². The molecule has 21 heavy (non-hydrogen) atoms. The Morgan fingerprint density at radius 1 is 1.24 bits per heavy atom. The van der Waals surface area contributed by atoms with Crippen LogP contribution < -0.4 is 5.32 Å². The molecule has 0 saturated carbocycles. The van der Waals surface area contributed by atoms with Gasteiger partial charge >= 0.3 is 0 Å². The zero-order valence-electron chi connectivity index (χ0n) is 11.7. The lowest BCUT2D eigenvalue weighted by Crippen LogP contribution is -2.03. The van der Waals surface area contributed by atoms with Gasteiger partial charge in [-0.3, -0.25) is 4.98 Å². The van der Waals surface area contributed by atoms with E-state index in [1.54, 1.807) is 6.20 Å². The van der Waals surface area contributed by atoms with Crippen LogP contribution in [0.4, 0.5) is 5.69 Å². The van der Waals surface area contributed by atoms with E-state index in [1.807, 2.05) is 18.2 Å². The van der Waals surface area contributed by atoms with Crippen LogP contribution >= 0.6 is 15.9 Å². The molecule has 0 radical (unpaired) electrons. The lowest BCUT2D eigenvalue weighted by molar-refractivity contribution is 0.980. The van der Waals surface area contributed by atoms with Crippen molar-refractivity contribution in [2.45, 2.75) is 13.3 Å². The van der Waals surface area contributed by atoms with Crippen LogP contribution in [0.5, 0.6) is 0 Å². The third kappa shape index (κ3) is 2.34. The molecule has 3 nitrogen and oxygen atoms in total. The fraction of sp³-hybridized carbons (Fsp3) is 0.176. The third-order valence-corrected chi connectivity index (χ3v) is 4.16. The van der Waals surface area contributed by atoms with Crippen LogP contribution in [0.3, 0.4) is 0 Å². The van der Waals surface area contributed by atoms with Crippen molar-refractivity contribution in [3.8, 4) is 6.07 Å². The van der Waals surface area contributed by atoms with Gasteiger partial charge in [0.05, 0.1) is 16.8 Å².